The number of aliphatic carboxylic acids is 1. The number of carbonyl (C=O) groups excluding carboxylic acids is 1. The van der Waals surface area contributed by atoms with Crippen LogP contribution in [0.2, 0.25) is 0 Å². The maximum atomic E-state index is 13.2. The van der Waals surface area contributed by atoms with Crippen molar-refractivity contribution >= 4 is 33.6 Å². The molecule has 0 saturated carbocycles. The first-order chi connectivity index (χ1) is 18.7. The van der Waals surface area contributed by atoms with Crippen LogP contribution in [0.3, 0.4) is 0 Å². The maximum absolute atomic E-state index is 13.2. The fourth-order valence-electron chi connectivity index (χ4n) is 6.42. The van der Waals surface area contributed by atoms with E-state index in [1.54, 1.807) is 20.8 Å². The first kappa shape index (κ1) is 25.4. The molecule has 0 aromatic heterocycles. The topological polar surface area (TPSA) is 70.1 Å². The van der Waals surface area contributed by atoms with Crippen LogP contribution in [-0.2, 0) is 22.6 Å². The highest BCUT2D eigenvalue weighted by atomic mass is 16.6. The summed E-state index contributed by atoms with van der Waals surface area (Å²) in [6.07, 6.45) is 0.463. The van der Waals surface area contributed by atoms with Gasteiger partial charge in [0.2, 0.25) is 0 Å². The van der Waals surface area contributed by atoms with Gasteiger partial charge in [0.05, 0.1) is 0 Å². The van der Waals surface area contributed by atoms with E-state index in [-0.39, 0.29) is 6.54 Å². The number of carboxylic acid groups (broad SMARTS) is 1. The standard InChI is InChI=1S/C33H34N2O4/c1-32(2,3)39-31(38)35-18-8-17-33(35,30(36)37)21-34-19-24-15-13-22-9-4-6-11-26(22)28(24)29-25(20-34)16-14-23-10-5-7-12-27(23)29/h4-7,9-16H,8,17-21H2,1-3H3,(H,36,37)/t33-/m1/s1. The van der Waals surface area contributed by atoms with Gasteiger partial charge in [-0.3, -0.25) is 9.80 Å². The molecule has 4 aromatic rings. The highest BCUT2D eigenvalue weighted by molar-refractivity contribution is 6.08. The van der Waals surface area contributed by atoms with E-state index in [2.05, 4.69) is 77.7 Å². The van der Waals surface area contributed by atoms with Crippen LogP contribution < -0.4 is 0 Å². The predicted octanol–water partition coefficient (Wildman–Crippen LogP) is 6.83. The van der Waals surface area contributed by atoms with Crippen molar-refractivity contribution < 1.29 is 19.4 Å². The van der Waals surface area contributed by atoms with Gasteiger partial charge < -0.3 is 9.84 Å². The Bertz CT molecular complexity index is 1520. The zero-order valence-electron chi connectivity index (χ0n) is 22.7. The summed E-state index contributed by atoms with van der Waals surface area (Å²) in [7, 11) is 0. The number of hydrogen-bond donors (Lipinski definition) is 1. The number of benzene rings is 4. The minimum Gasteiger partial charge on any atom is -0.479 e. The van der Waals surface area contributed by atoms with Gasteiger partial charge in [-0.2, -0.15) is 0 Å². The normalized spacial score (nSPS) is 19.5. The second-order valence-corrected chi connectivity index (χ2v) is 11.9. The summed E-state index contributed by atoms with van der Waals surface area (Å²) >= 11 is 0. The van der Waals surface area contributed by atoms with E-state index in [4.69, 9.17) is 4.74 Å². The number of carbonyl (C=O) groups is 2. The molecule has 0 radical (unpaired) electrons. The number of likely N-dealkylation sites (tertiary alicyclic amines) is 1. The lowest BCUT2D eigenvalue weighted by molar-refractivity contribution is -0.151. The maximum Gasteiger partial charge on any atom is 0.411 e. The Morgan fingerprint density at radius 1 is 0.846 bits per heavy atom. The third-order valence-electron chi connectivity index (χ3n) is 8.05. The van der Waals surface area contributed by atoms with E-state index >= 15 is 0 Å². The molecule has 1 saturated heterocycles. The number of ether oxygens (including phenoxy) is 1. The van der Waals surface area contributed by atoms with Gasteiger partial charge in [0, 0.05) is 26.2 Å². The molecule has 4 aromatic carbocycles. The van der Waals surface area contributed by atoms with E-state index in [0.29, 0.717) is 32.5 Å². The van der Waals surface area contributed by atoms with Crippen molar-refractivity contribution in [3.8, 4) is 11.1 Å². The number of nitrogens with zero attached hydrogens (tertiary/aromatic N) is 2. The van der Waals surface area contributed by atoms with Crippen LogP contribution in [0.5, 0.6) is 0 Å². The second kappa shape index (κ2) is 9.38. The Morgan fingerprint density at radius 3 is 1.90 bits per heavy atom. The summed E-state index contributed by atoms with van der Waals surface area (Å²) in [4.78, 5) is 29.8. The van der Waals surface area contributed by atoms with Gasteiger partial charge in [-0.1, -0.05) is 72.8 Å². The number of amides is 1. The number of hydrogen-bond acceptors (Lipinski definition) is 4. The molecular formula is C33H34N2O4. The van der Waals surface area contributed by atoms with Gasteiger partial charge >= 0.3 is 12.1 Å². The Hall–Kier alpha value is -3.90. The van der Waals surface area contributed by atoms with Crippen LogP contribution in [0.4, 0.5) is 4.79 Å². The van der Waals surface area contributed by atoms with Gasteiger partial charge in [-0.25, -0.2) is 9.59 Å². The van der Waals surface area contributed by atoms with Crippen LogP contribution in [-0.4, -0.2) is 51.2 Å². The minimum atomic E-state index is -1.35. The van der Waals surface area contributed by atoms with Crippen molar-refractivity contribution in [3.05, 3.63) is 83.9 Å². The molecule has 200 valence electrons. The van der Waals surface area contributed by atoms with E-state index in [1.165, 1.54) is 37.6 Å². The molecule has 6 heteroatoms. The summed E-state index contributed by atoms with van der Waals surface area (Å²) in [6, 6.07) is 25.6. The molecule has 1 atom stereocenters. The van der Waals surface area contributed by atoms with Crippen molar-refractivity contribution in [1.29, 1.82) is 0 Å². The number of rotatable bonds is 3. The molecule has 1 N–H and O–H groups in total. The van der Waals surface area contributed by atoms with Crippen molar-refractivity contribution in [3.63, 3.8) is 0 Å². The lowest BCUT2D eigenvalue weighted by Crippen LogP contribution is -2.59. The van der Waals surface area contributed by atoms with Crippen LogP contribution in [0.25, 0.3) is 32.7 Å². The number of carboxylic acids is 1. The monoisotopic (exact) mass is 522 g/mol. The Kier molecular flexibility index (Phi) is 6.11. The van der Waals surface area contributed by atoms with Crippen molar-refractivity contribution in [1.82, 2.24) is 9.80 Å². The fraction of sp³-hybridized carbons (Fsp3) is 0.333. The molecule has 2 heterocycles. The van der Waals surface area contributed by atoms with E-state index in [0.717, 1.165) is 11.1 Å². The zero-order chi connectivity index (χ0) is 27.4. The van der Waals surface area contributed by atoms with Gasteiger partial charge in [0.15, 0.2) is 5.54 Å². The summed E-state index contributed by atoms with van der Waals surface area (Å²) in [5.41, 5.74) is 2.69. The lowest BCUT2D eigenvalue weighted by atomic mass is 9.88. The average molecular weight is 523 g/mol. The summed E-state index contributed by atoms with van der Waals surface area (Å²) in [5.74, 6) is -0.979. The highest BCUT2D eigenvalue weighted by Crippen LogP contribution is 2.43. The third-order valence-corrected chi connectivity index (χ3v) is 8.05. The van der Waals surface area contributed by atoms with Gasteiger partial charge in [-0.15, -0.1) is 0 Å². The van der Waals surface area contributed by atoms with Crippen LogP contribution >= 0.6 is 0 Å². The van der Waals surface area contributed by atoms with Crippen molar-refractivity contribution in [2.75, 3.05) is 13.1 Å². The summed E-state index contributed by atoms with van der Waals surface area (Å²) in [6.45, 7) is 7.18. The molecule has 0 spiro atoms. The summed E-state index contributed by atoms with van der Waals surface area (Å²) in [5, 5.41) is 15.3. The largest absolute Gasteiger partial charge is 0.479 e. The summed E-state index contributed by atoms with van der Waals surface area (Å²) < 4.78 is 5.65. The molecule has 0 bridgehead atoms. The van der Waals surface area contributed by atoms with E-state index in [9.17, 15) is 14.7 Å². The minimum absolute atomic E-state index is 0.222. The average Bonchev–Trinajstić information content (AvgIpc) is 3.25. The lowest BCUT2D eigenvalue weighted by Gasteiger charge is -2.39. The Morgan fingerprint density at radius 2 is 1.38 bits per heavy atom. The predicted molar refractivity (Wildman–Crippen MR) is 154 cm³/mol. The fourth-order valence-corrected chi connectivity index (χ4v) is 6.42. The van der Waals surface area contributed by atoms with Crippen molar-refractivity contribution in [2.45, 2.75) is 57.8 Å². The van der Waals surface area contributed by atoms with Crippen LogP contribution in [0.15, 0.2) is 72.8 Å². The third kappa shape index (κ3) is 4.43. The molecule has 39 heavy (non-hydrogen) atoms. The second-order valence-electron chi connectivity index (χ2n) is 11.9. The first-order valence-corrected chi connectivity index (χ1v) is 13.6. The first-order valence-electron chi connectivity index (χ1n) is 13.6. The zero-order valence-corrected chi connectivity index (χ0v) is 22.7. The molecule has 1 amide bonds. The quantitative estimate of drug-likeness (QED) is 0.319. The van der Waals surface area contributed by atoms with Gasteiger partial charge in [0.1, 0.15) is 5.60 Å². The van der Waals surface area contributed by atoms with Crippen molar-refractivity contribution in [2.24, 2.45) is 0 Å². The van der Waals surface area contributed by atoms with Gasteiger partial charge in [-0.05, 0) is 77.4 Å². The molecule has 6 rings (SSSR count). The highest BCUT2D eigenvalue weighted by Gasteiger charge is 2.52. The Balaban J connectivity index is 1.48. The Labute approximate surface area is 228 Å². The van der Waals surface area contributed by atoms with Gasteiger partial charge in [0.25, 0.3) is 0 Å². The van der Waals surface area contributed by atoms with E-state index in [1.807, 2.05) is 0 Å². The van der Waals surface area contributed by atoms with Crippen LogP contribution in [0.1, 0.15) is 44.7 Å². The van der Waals surface area contributed by atoms with E-state index < -0.39 is 23.2 Å². The SMILES string of the molecule is CC(C)(C)OC(=O)N1CCC[C@@]1(CN1Cc2ccc3ccccc3c2-c2c(ccc3ccccc23)C1)C(=O)O. The molecule has 2 aliphatic heterocycles. The molecule has 0 unspecified atom stereocenters. The molecule has 6 nitrogen and oxygen atoms in total. The molecule has 2 aliphatic rings. The molecular weight excluding hydrogens is 488 g/mol. The smallest absolute Gasteiger partial charge is 0.411 e. The van der Waals surface area contributed by atoms with Crippen LogP contribution in [0, 0.1) is 0 Å². The molecule has 1 fully saturated rings. The molecule has 0 aliphatic carbocycles. The number of fused-ring (bicyclic) bond motifs is 7.